The van der Waals surface area contributed by atoms with Crippen molar-refractivity contribution in [1.82, 2.24) is 24.7 Å². The van der Waals surface area contributed by atoms with Crippen molar-refractivity contribution in [2.24, 2.45) is 0 Å². The maximum absolute atomic E-state index is 10.8. The Morgan fingerprint density at radius 3 is 2.83 bits per heavy atom. The number of hydrogen-bond donors (Lipinski definition) is 1. The molecule has 2 aromatic rings. The van der Waals surface area contributed by atoms with Gasteiger partial charge in [0.25, 0.3) is 0 Å². The second kappa shape index (κ2) is 4.25. The van der Waals surface area contributed by atoms with Crippen LogP contribution in [0.2, 0.25) is 0 Å². The number of hydrogen-bond acceptors (Lipinski definition) is 4. The van der Waals surface area contributed by atoms with Crippen molar-refractivity contribution in [1.29, 1.82) is 0 Å². The average Bonchev–Trinajstić information content (AvgIpc) is 2.82. The number of amides is 1. The fraction of sp³-hybridized carbons (Fsp3) is 0.455. The average molecular weight is 247 g/mol. The molecule has 0 bridgehead atoms. The molecule has 0 atom stereocenters. The first kappa shape index (κ1) is 10.9. The molecule has 0 saturated carbocycles. The van der Waals surface area contributed by atoms with E-state index < -0.39 is 6.09 Å². The Morgan fingerprint density at radius 1 is 1.33 bits per heavy atom. The second-order valence-corrected chi connectivity index (χ2v) is 4.40. The molecule has 18 heavy (non-hydrogen) atoms. The van der Waals surface area contributed by atoms with Crippen LogP contribution < -0.4 is 0 Å². The summed E-state index contributed by atoms with van der Waals surface area (Å²) in [6.45, 7) is 1.09. The van der Waals surface area contributed by atoms with Gasteiger partial charge in [-0.05, 0) is 25.0 Å². The number of fused-ring (bicyclic) bond motifs is 1. The third-order valence-electron chi connectivity index (χ3n) is 3.33. The first-order chi connectivity index (χ1) is 8.75. The van der Waals surface area contributed by atoms with E-state index in [2.05, 4.69) is 15.3 Å². The van der Waals surface area contributed by atoms with Gasteiger partial charge in [-0.2, -0.15) is 9.61 Å². The molecule has 0 radical (unpaired) electrons. The van der Waals surface area contributed by atoms with Gasteiger partial charge in [-0.1, -0.05) is 0 Å². The largest absolute Gasteiger partial charge is 0.465 e. The van der Waals surface area contributed by atoms with Crippen LogP contribution in [0.25, 0.3) is 5.65 Å². The molecule has 1 amide bonds. The molecule has 94 valence electrons. The Bertz CT molecular complexity index is 574. The molecule has 1 fully saturated rings. The minimum absolute atomic E-state index is 0.227. The van der Waals surface area contributed by atoms with Gasteiger partial charge in [0.2, 0.25) is 0 Å². The lowest BCUT2D eigenvalue weighted by atomic mass is 9.96. The molecule has 0 aromatic carbocycles. The zero-order valence-corrected chi connectivity index (χ0v) is 9.73. The summed E-state index contributed by atoms with van der Waals surface area (Å²) in [5.74, 6) is 1.06. The van der Waals surface area contributed by atoms with Crippen LogP contribution >= 0.6 is 0 Å². The summed E-state index contributed by atoms with van der Waals surface area (Å²) < 4.78 is 1.74. The fourth-order valence-corrected chi connectivity index (χ4v) is 2.34. The normalized spacial score (nSPS) is 17.2. The Labute approximate surface area is 103 Å². The molecule has 0 aliphatic carbocycles. The number of nitrogens with zero attached hydrogens (tertiary/aromatic N) is 5. The number of carbonyl (C=O) groups is 1. The monoisotopic (exact) mass is 247 g/mol. The van der Waals surface area contributed by atoms with Crippen molar-refractivity contribution in [3.8, 4) is 0 Å². The maximum atomic E-state index is 10.8. The van der Waals surface area contributed by atoms with E-state index in [1.54, 1.807) is 10.7 Å². The van der Waals surface area contributed by atoms with E-state index in [4.69, 9.17) is 5.11 Å². The molecule has 7 heteroatoms. The van der Waals surface area contributed by atoms with Gasteiger partial charge >= 0.3 is 6.09 Å². The van der Waals surface area contributed by atoms with Crippen molar-refractivity contribution in [3.05, 3.63) is 24.2 Å². The lowest BCUT2D eigenvalue weighted by Crippen LogP contribution is -2.37. The minimum atomic E-state index is -0.849. The van der Waals surface area contributed by atoms with Crippen LogP contribution in [0.15, 0.2) is 18.3 Å². The third kappa shape index (κ3) is 1.77. The summed E-state index contributed by atoms with van der Waals surface area (Å²) >= 11 is 0. The summed E-state index contributed by atoms with van der Waals surface area (Å²) in [5, 5.41) is 21.4. The Morgan fingerprint density at radius 2 is 2.11 bits per heavy atom. The molecule has 1 N–H and O–H groups in total. The molecule has 7 nitrogen and oxygen atoms in total. The van der Waals surface area contributed by atoms with Crippen LogP contribution in [-0.2, 0) is 0 Å². The Kier molecular flexibility index (Phi) is 2.58. The highest BCUT2D eigenvalue weighted by molar-refractivity contribution is 5.65. The molecular formula is C11H13N5O2. The maximum Gasteiger partial charge on any atom is 0.407 e. The van der Waals surface area contributed by atoms with Crippen molar-refractivity contribution >= 4 is 11.7 Å². The molecule has 0 unspecified atom stereocenters. The Hall–Kier alpha value is -2.18. The van der Waals surface area contributed by atoms with Gasteiger partial charge in [-0.15, -0.1) is 10.2 Å². The molecule has 1 aliphatic heterocycles. The van der Waals surface area contributed by atoms with Gasteiger partial charge < -0.3 is 10.0 Å². The number of rotatable bonds is 1. The second-order valence-electron chi connectivity index (χ2n) is 4.40. The number of likely N-dealkylation sites (tertiary alicyclic amines) is 1. The predicted molar refractivity (Wildman–Crippen MR) is 62.4 cm³/mol. The lowest BCUT2D eigenvalue weighted by Gasteiger charge is -2.28. The zero-order valence-electron chi connectivity index (χ0n) is 9.73. The first-order valence-electron chi connectivity index (χ1n) is 5.90. The van der Waals surface area contributed by atoms with Gasteiger partial charge in [0.1, 0.15) is 0 Å². The van der Waals surface area contributed by atoms with Crippen LogP contribution in [-0.4, -0.2) is 49.0 Å². The quantitative estimate of drug-likeness (QED) is 0.812. The van der Waals surface area contributed by atoms with Gasteiger partial charge in [-0.25, -0.2) is 4.79 Å². The molecule has 0 spiro atoms. The zero-order chi connectivity index (χ0) is 12.5. The molecule has 1 saturated heterocycles. The topological polar surface area (TPSA) is 83.6 Å². The van der Waals surface area contributed by atoms with Crippen LogP contribution in [0, 0.1) is 0 Å². The van der Waals surface area contributed by atoms with Gasteiger partial charge in [0.15, 0.2) is 11.5 Å². The SMILES string of the molecule is O=C(O)N1CCC(c2nnc3cccnn23)CC1. The van der Waals surface area contributed by atoms with Crippen LogP contribution in [0.5, 0.6) is 0 Å². The minimum Gasteiger partial charge on any atom is -0.465 e. The summed E-state index contributed by atoms with van der Waals surface area (Å²) in [7, 11) is 0. The van der Waals surface area contributed by atoms with E-state index in [0.717, 1.165) is 24.3 Å². The lowest BCUT2D eigenvalue weighted by molar-refractivity contribution is 0.131. The van der Waals surface area contributed by atoms with Crippen molar-refractivity contribution in [2.75, 3.05) is 13.1 Å². The summed E-state index contributed by atoms with van der Waals surface area (Å²) in [5.41, 5.74) is 0.730. The van der Waals surface area contributed by atoms with E-state index >= 15 is 0 Å². The fourth-order valence-electron chi connectivity index (χ4n) is 2.34. The molecule has 3 heterocycles. The van der Waals surface area contributed by atoms with E-state index in [9.17, 15) is 4.79 Å². The van der Waals surface area contributed by atoms with Crippen molar-refractivity contribution in [3.63, 3.8) is 0 Å². The van der Waals surface area contributed by atoms with E-state index in [0.29, 0.717) is 13.1 Å². The van der Waals surface area contributed by atoms with E-state index in [1.807, 2.05) is 12.1 Å². The van der Waals surface area contributed by atoms with Crippen LogP contribution in [0.1, 0.15) is 24.6 Å². The van der Waals surface area contributed by atoms with Crippen LogP contribution in [0.4, 0.5) is 4.79 Å². The molecule has 1 aliphatic rings. The number of carboxylic acid groups (broad SMARTS) is 1. The van der Waals surface area contributed by atoms with Gasteiger partial charge in [0, 0.05) is 25.2 Å². The summed E-state index contributed by atoms with van der Waals surface area (Å²) in [4.78, 5) is 12.3. The van der Waals surface area contributed by atoms with Crippen molar-refractivity contribution < 1.29 is 9.90 Å². The highest BCUT2D eigenvalue weighted by Crippen LogP contribution is 2.26. The summed E-state index contributed by atoms with van der Waals surface area (Å²) in [6, 6.07) is 3.68. The molecule has 2 aromatic heterocycles. The highest BCUT2D eigenvalue weighted by atomic mass is 16.4. The highest BCUT2D eigenvalue weighted by Gasteiger charge is 2.26. The number of aromatic nitrogens is 4. The van der Waals surface area contributed by atoms with E-state index in [1.165, 1.54) is 4.90 Å². The Balaban J connectivity index is 1.82. The predicted octanol–water partition coefficient (Wildman–Crippen LogP) is 0.982. The smallest absolute Gasteiger partial charge is 0.407 e. The summed E-state index contributed by atoms with van der Waals surface area (Å²) in [6.07, 6.45) is 2.39. The molecular weight excluding hydrogens is 234 g/mol. The standard InChI is InChI=1S/C11H13N5O2/c17-11(18)15-6-3-8(4-7-15)10-14-13-9-2-1-5-12-16(9)10/h1-2,5,8H,3-4,6-7H2,(H,17,18). The van der Waals surface area contributed by atoms with Crippen molar-refractivity contribution in [2.45, 2.75) is 18.8 Å². The van der Waals surface area contributed by atoms with Crippen LogP contribution in [0.3, 0.4) is 0 Å². The third-order valence-corrected chi connectivity index (χ3v) is 3.33. The first-order valence-corrected chi connectivity index (χ1v) is 5.90. The number of piperidine rings is 1. The van der Waals surface area contributed by atoms with Gasteiger partial charge in [-0.3, -0.25) is 0 Å². The van der Waals surface area contributed by atoms with E-state index in [-0.39, 0.29) is 5.92 Å². The molecule has 3 rings (SSSR count). The van der Waals surface area contributed by atoms with Gasteiger partial charge in [0.05, 0.1) is 0 Å².